The second-order valence-corrected chi connectivity index (χ2v) is 18.0. The molecule has 2 aromatic rings. The van der Waals surface area contributed by atoms with Crippen molar-refractivity contribution < 1.29 is 57.8 Å². The molecule has 22 N–H and O–H groups in total. The van der Waals surface area contributed by atoms with Gasteiger partial charge in [0.2, 0.25) is 65.0 Å². The van der Waals surface area contributed by atoms with Crippen molar-refractivity contribution in [3.63, 3.8) is 0 Å². The van der Waals surface area contributed by atoms with Crippen LogP contribution in [0.4, 0.5) is 0 Å². The van der Waals surface area contributed by atoms with E-state index in [-0.39, 0.29) is 69.9 Å². The van der Waals surface area contributed by atoms with Gasteiger partial charge in [-0.1, -0.05) is 42.5 Å². The van der Waals surface area contributed by atoms with Gasteiger partial charge in [0.15, 0.2) is 5.96 Å². The van der Waals surface area contributed by atoms with Gasteiger partial charge in [0.05, 0.1) is 19.5 Å². The lowest BCUT2D eigenvalue weighted by Crippen LogP contribution is -2.60. The predicted molar refractivity (Wildman–Crippen MR) is 275 cm³/mol. The normalized spacial score (nSPS) is 15.2. The molecule has 0 unspecified atom stereocenters. The van der Waals surface area contributed by atoms with Crippen molar-refractivity contribution in [2.75, 3.05) is 32.7 Å². The molecule has 28 heteroatoms. The fourth-order valence-electron chi connectivity index (χ4n) is 8.04. The number of amides is 11. The smallest absolute Gasteiger partial charge is 0.245 e. The van der Waals surface area contributed by atoms with Crippen molar-refractivity contribution in [2.24, 2.45) is 45.1 Å². The molecular formula is C48H72N16O12. The van der Waals surface area contributed by atoms with Gasteiger partial charge in [-0.25, -0.2) is 0 Å². The number of aliphatic imine (C=N–C) groups is 1. The summed E-state index contributed by atoms with van der Waals surface area (Å²) in [7, 11) is 0. The first kappa shape index (κ1) is 61.9. The quantitative estimate of drug-likeness (QED) is 0.0180. The maximum atomic E-state index is 14.4. The summed E-state index contributed by atoms with van der Waals surface area (Å²) in [6.07, 6.45) is -0.557. The van der Waals surface area contributed by atoms with Crippen molar-refractivity contribution in [2.45, 2.75) is 119 Å². The fourth-order valence-corrected chi connectivity index (χ4v) is 8.04. The number of nitrogens with zero attached hydrogens (tertiary/aromatic N) is 2. The van der Waals surface area contributed by atoms with Crippen LogP contribution < -0.4 is 77.4 Å². The molecule has 1 aliphatic heterocycles. The molecule has 28 nitrogen and oxygen atoms in total. The summed E-state index contributed by atoms with van der Waals surface area (Å²) in [5, 5.41) is 27.4. The van der Waals surface area contributed by atoms with Gasteiger partial charge in [0, 0.05) is 32.4 Å². The van der Waals surface area contributed by atoms with Gasteiger partial charge in [-0.2, -0.15) is 0 Å². The standard InChI is InChI=1S/C48H72N16O12/c49-19-5-4-10-32(47(76)64-21-7-12-36(64)46(75)60-30(11-6-20-56-48(54)55)41(70)57-26-39(53)68)61-45(74)35(24-38(52)67)63-42(71)31(17-18-37(51)66)59-44(73)34(22-27-8-2-1-3-9-27)62-43(72)33(58-40(69)25-50)23-28-13-15-29(65)16-14-28/h1-3,8-9,13-16,30-36,65H,4-7,10-12,17-26,49-50H2,(H2,51,66)(H2,52,67)(H2,53,68)(H,57,70)(H,58,69)(H,59,73)(H,60,75)(H,61,74)(H,62,72)(H,63,71)(H4,54,55,56)/t30-,31-,32-,33-,34-,35-,36-/m0/s1. The van der Waals surface area contributed by atoms with E-state index >= 15 is 0 Å². The third-order valence-corrected chi connectivity index (χ3v) is 11.9. The Kier molecular flexibility index (Phi) is 26.1. The maximum absolute atomic E-state index is 14.4. The number of nitrogens with one attached hydrogen (secondary N) is 7. The van der Waals surface area contributed by atoms with Gasteiger partial charge in [0.1, 0.15) is 48.0 Å². The second kappa shape index (κ2) is 32.0. The maximum Gasteiger partial charge on any atom is 0.245 e. The molecule has 0 saturated carbocycles. The Labute approximate surface area is 438 Å². The van der Waals surface area contributed by atoms with Crippen LogP contribution >= 0.6 is 0 Å². The Bertz CT molecular complexity index is 2370. The third-order valence-electron chi connectivity index (χ3n) is 11.9. The van der Waals surface area contributed by atoms with E-state index < -0.39 is 140 Å². The van der Waals surface area contributed by atoms with E-state index in [0.29, 0.717) is 30.4 Å². The van der Waals surface area contributed by atoms with Crippen LogP contribution in [-0.4, -0.2) is 156 Å². The van der Waals surface area contributed by atoms with Gasteiger partial charge in [0.25, 0.3) is 0 Å². The minimum Gasteiger partial charge on any atom is -0.508 e. The van der Waals surface area contributed by atoms with Crippen LogP contribution in [0.5, 0.6) is 5.75 Å². The summed E-state index contributed by atoms with van der Waals surface area (Å²) in [5.74, 6) is -9.85. The Morgan fingerprint density at radius 1 is 0.592 bits per heavy atom. The van der Waals surface area contributed by atoms with E-state index in [0.717, 1.165) is 0 Å². The van der Waals surface area contributed by atoms with Gasteiger partial charge < -0.3 is 87.4 Å². The number of nitrogens with two attached hydrogens (primary N) is 7. The first-order chi connectivity index (χ1) is 36.1. The molecule has 416 valence electrons. The van der Waals surface area contributed by atoms with Gasteiger partial charge in [-0.15, -0.1) is 0 Å². The Morgan fingerprint density at radius 3 is 1.74 bits per heavy atom. The van der Waals surface area contributed by atoms with Crippen LogP contribution in [0.1, 0.15) is 75.3 Å². The van der Waals surface area contributed by atoms with Crippen LogP contribution in [0.2, 0.25) is 0 Å². The highest BCUT2D eigenvalue weighted by Crippen LogP contribution is 2.21. The lowest BCUT2D eigenvalue weighted by atomic mass is 10.0. The largest absolute Gasteiger partial charge is 0.508 e. The van der Waals surface area contributed by atoms with Gasteiger partial charge >= 0.3 is 0 Å². The monoisotopic (exact) mass is 1060 g/mol. The Balaban J connectivity index is 1.90. The van der Waals surface area contributed by atoms with Gasteiger partial charge in [-0.3, -0.25) is 57.7 Å². The van der Waals surface area contributed by atoms with Crippen LogP contribution in [0, 0.1) is 0 Å². The van der Waals surface area contributed by atoms with E-state index in [4.69, 9.17) is 40.1 Å². The Hall–Kier alpha value is -8.40. The zero-order valence-corrected chi connectivity index (χ0v) is 42.1. The SMILES string of the molecule is NCCCC[C@H](NC(=O)[C@H](CC(N)=O)NC(=O)[C@H](CCC(N)=O)NC(=O)[C@H](Cc1ccccc1)NC(=O)[C@H](Cc1ccc(O)cc1)NC(=O)CN)C(=O)N1CCC[C@H]1C(=O)N[C@@H](CCCN=C(N)N)C(=O)NCC(N)=O. The van der Waals surface area contributed by atoms with E-state index in [9.17, 15) is 57.8 Å². The van der Waals surface area contributed by atoms with E-state index in [2.05, 4.69) is 42.2 Å². The molecule has 7 atom stereocenters. The molecule has 1 heterocycles. The topological polar surface area (TPSA) is 490 Å². The minimum absolute atomic E-state index is 0.0235. The highest BCUT2D eigenvalue weighted by molar-refractivity contribution is 5.99. The molecule has 0 aliphatic carbocycles. The molecule has 2 aromatic carbocycles. The highest BCUT2D eigenvalue weighted by atomic mass is 16.3. The number of rotatable bonds is 33. The van der Waals surface area contributed by atoms with Crippen molar-refractivity contribution in [3.05, 3.63) is 65.7 Å². The van der Waals surface area contributed by atoms with Gasteiger partial charge in [-0.05, 0) is 81.2 Å². The number of likely N-dealkylation sites (tertiary alicyclic amines) is 1. The Morgan fingerprint density at radius 2 is 1.14 bits per heavy atom. The average Bonchev–Trinajstić information content (AvgIpc) is 3.87. The molecule has 1 saturated heterocycles. The summed E-state index contributed by atoms with van der Waals surface area (Å²) >= 11 is 0. The lowest BCUT2D eigenvalue weighted by molar-refractivity contribution is -0.143. The van der Waals surface area contributed by atoms with Crippen LogP contribution in [0.3, 0.4) is 0 Å². The number of carbonyl (C=O) groups is 11. The van der Waals surface area contributed by atoms with Crippen molar-refractivity contribution in [3.8, 4) is 5.75 Å². The molecule has 76 heavy (non-hydrogen) atoms. The van der Waals surface area contributed by atoms with E-state index in [1.807, 2.05) is 0 Å². The second-order valence-electron chi connectivity index (χ2n) is 18.0. The zero-order chi connectivity index (χ0) is 56.3. The number of guanidine groups is 1. The molecular weight excluding hydrogens is 993 g/mol. The molecule has 3 rings (SSSR count). The summed E-state index contributed by atoms with van der Waals surface area (Å²) < 4.78 is 0. The third kappa shape index (κ3) is 22.0. The number of hydrogen-bond acceptors (Lipinski definition) is 15. The van der Waals surface area contributed by atoms with Crippen LogP contribution in [0.15, 0.2) is 59.6 Å². The molecule has 0 spiro atoms. The zero-order valence-electron chi connectivity index (χ0n) is 42.1. The molecule has 0 bridgehead atoms. The summed E-state index contributed by atoms with van der Waals surface area (Å²) in [6.45, 7) is -0.617. The van der Waals surface area contributed by atoms with Crippen LogP contribution in [0.25, 0.3) is 0 Å². The number of hydrogen-bond donors (Lipinski definition) is 15. The molecule has 11 amide bonds. The highest BCUT2D eigenvalue weighted by Gasteiger charge is 2.40. The molecule has 0 radical (unpaired) electrons. The lowest BCUT2D eigenvalue weighted by Gasteiger charge is -2.31. The number of unbranched alkanes of at least 4 members (excludes halogenated alkanes) is 1. The van der Waals surface area contributed by atoms with Crippen molar-refractivity contribution >= 4 is 70.9 Å². The summed E-state index contributed by atoms with van der Waals surface area (Å²) in [6, 6.07) is 4.36. The first-order valence-corrected chi connectivity index (χ1v) is 24.6. The summed E-state index contributed by atoms with van der Waals surface area (Å²) in [4.78, 5) is 151. The average molecular weight is 1070 g/mol. The number of aromatic hydroxyl groups is 1. The molecule has 0 aromatic heterocycles. The van der Waals surface area contributed by atoms with Crippen molar-refractivity contribution in [1.82, 2.24) is 42.1 Å². The number of phenolic OH excluding ortho intramolecular Hbond substituents is 1. The number of benzene rings is 2. The predicted octanol–water partition coefficient (Wildman–Crippen LogP) is -6.04. The summed E-state index contributed by atoms with van der Waals surface area (Å²) in [5.41, 5.74) is 39.3. The first-order valence-electron chi connectivity index (χ1n) is 24.6. The molecule has 1 fully saturated rings. The number of phenols is 1. The van der Waals surface area contributed by atoms with E-state index in [1.54, 1.807) is 30.3 Å². The minimum atomic E-state index is -1.79. The number of primary amides is 3. The van der Waals surface area contributed by atoms with Crippen LogP contribution in [-0.2, 0) is 65.6 Å². The van der Waals surface area contributed by atoms with E-state index in [1.165, 1.54) is 29.2 Å². The van der Waals surface area contributed by atoms with Crippen molar-refractivity contribution in [1.29, 1.82) is 0 Å². The number of carbonyl (C=O) groups excluding carboxylic acids is 11. The fraction of sp³-hybridized carbons (Fsp3) is 0.500. The molecule has 1 aliphatic rings.